The van der Waals surface area contributed by atoms with Gasteiger partial charge < -0.3 is 10.1 Å². The SMILES string of the molecule is COc1cc2c(cc1C(C)(C)C)CCCNC2. The van der Waals surface area contributed by atoms with Crippen molar-refractivity contribution in [1.29, 1.82) is 0 Å². The number of methoxy groups -OCH3 is 1. The second kappa shape index (κ2) is 4.69. The molecule has 0 aliphatic carbocycles. The summed E-state index contributed by atoms with van der Waals surface area (Å²) in [5, 5.41) is 3.46. The molecule has 1 aliphatic rings. The Labute approximate surface area is 104 Å². The van der Waals surface area contributed by atoms with Crippen LogP contribution in [-0.4, -0.2) is 13.7 Å². The summed E-state index contributed by atoms with van der Waals surface area (Å²) in [6.07, 6.45) is 2.40. The van der Waals surface area contributed by atoms with E-state index in [-0.39, 0.29) is 5.41 Å². The average Bonchev–Trinajstić information content (AvgIpc) is 2.50. The van der Waals surface area contributed by atoms with Gasteiger partial charge in [-0.2, -0.15) is 0 Å². The molecule has 0 spiro atoms. The van der Waals surface area contributed by atoms with Crippen LogP contribution in [0.5, 0.6) is 5.75 Å². The summed E-state index contributed by atoms with van der Waals surface area (Å²) in [6, 6.07) is 4.56. The summed E-state index contributed by atoms with van der Waals surface area (Å²) in [4.78, 5) is 0. The molecule has 1 aliphatic heterocycles. The molecule has 2 nitrogen and oxygen atoms in total. The lowest BCUT2D eigenvalue weighted by Gasteiger charge is -2.24. The van der Waals surface area contributed by atoms with Gasteiger partial charge in [-0.05, 0) is 47.6 Å². The van der Waals surface area contributed by atoms with Crippen LogP contribution in [-0.2, 0) is 18.4 Å². The predicted octanol–water partition coefficient (Wildman–Crippen LogP) is 3.03. The number of rotatable bonds is 1. The standard InChI is InChI=1S/C15H23NO/c1-15(2,3)13-8-11-6-5-7-16-10-12(11)9-14(13)17-4/h8-9,16H,5-7,10H2,1-4H3. The van der Waals surface area contributed by atoms with Gasteiger partial charge in [-0.3, -0.25) is 0 Å². The minimum absolute atomic E-state index is 0.139. The summed E-state index contributed by atoms with van der Waals surface area (Å²) in [7, 11) is 1.76. The Hall–Kier alpha value is -1.02. The van der Waals surface area contributed by atoms with Crippen molar-refractivity contribution < 1.29 is 4.74 Å². The molecule has 1 aromatic carbocycles. The number of hydrogen-bond acceptors (Lipinski definition) is 2. The van der Waals surface area contributed by atoms with Crippen LogP contribution in [0, 0.1) is 0 Å². The van der Waals surface area contributed by atoms with Crippen LogP contribution in [0.3, 0.4) is 0 Å². The highest BCUT2D eigenvalue weighted by atomic mass is 16.5. The van der Waals surface area contributed by atoms with Crippen LogP contribution in [0.25, 0.3) is 0 Å². The van der Waals surface area contributed by atoms with Crippen LogP contribution in [0.1, 0.15) is 43.9 Å². The molecule has 0 fully saturated rings. The Morgan fingerprint density at radius 3 is 2.59 bits per heavy atom. The summed E-state index contributed by atoms with van der Waals surface area (Å²) in [6.45, 7) is 8.81. The van der Waals surface area contributed by atoms with E-state index in [4.69, 9.17) is 4.74 Å². The minimum Gasteiger partial charge on any atom is -0.496 e. The molecule has 0 unspecified atom stereocenters. The van der Waals surface area contributed by atoms with Crippen molar-refractivity contribution in [2.24, 2.45) is 0 Å². The smallest absolute Gasteiger partial charge is 0.122 e. The molecule has 94 valence electrons. The van der Waals surface area contributed by atoms with Crippen molar-refractivity contribution in [2.75, 3.05) is 13.7 Å². The summed E-state index contributed by atoms with van der Waals surface area (Å²) < 4.78 is 5.55. The Morgan fingerprint density at radius 1 is 1.18 bits per heavy atom. The third kappa shape index (κ3) is 2.63. The van der Waals surface area contributed by atoms with Gasteiger partial charge in [0.1, 0.15) is 5.75 Å². The van der Waals surface area contributed by atoms with Gasteiger partial charge in [0.15, 0.2) is 0 Å². The first-order chi connectivity index (χ1) is 8.02. The molecule has 2 heteroatoms. The second-order valence-corrected chi connectivity index (χ2v) is 5.85. The highest BCUT2D eigenvalue weighted by molar-refractivity contribution is 5.46. The molecule has 1 N–H and O–H groups in total. The Balaban J connectivity index is 2.50. The third-order valence-corrected chi connectivity index (χ3v) is 3.44. The second-order valence-electron chi connectivity index (χ2n) is 5.85. The lowest BCUT2D eigenvalue weighted by atomic mass is 9.84. The maximum absolute atomic E-state index is 5.55. The van der Waals surface area contributed by atoms with Gasteiger partial charge in [-0.15, -0.1) is 0 Å². The number of hydrogen-bond donors (Lipinski definition) is 1. The fraction of sp³-hybridized carbons (Fsp3) is 0.600. The van der Waals surface area contributed by atoms with E-state index < -0.39 is 0 Å². The summed E-state index contributed by atoms with van der Waals surface area (Å²) in [5.41, 5.74) is 4.34. The van der Waals surface area contributed by atoms with Gasteiger partial charge in [0.05, 0.1) is 7.11 Å². The molecule has 0 saturated carbocycles. The summed E-state index contributed by atoms with van der Waals surface area (Å²) >= 11 is 0. The molecule has 1 heterocycles. The number of ether oxygens (including phenoxy) is 1. The fourth-order valence-electron chi connectivity index (χ4n) is 2.45. The molecule has 0 aromatic heterocycles. The van der Waals surface area contributed by atoms with Gasteiger partial charge in [0, 0.05) is 6.54 Å². The lowest BCUT2D eigenvalue weighted by Crippen LogP contribution is -2.15. The highest BCUT2D eigenvalue weighted by Crippen LogP contribution is 2.34. The number of aryl methyl sites for hydroxylation is 1. The van der Waals surface area contributed by atoms with E-state index in [1.807, 2.05) is 0 Å². The first kappa shape index (κ1) is 12.4. The largest absolute Gasteiger partial charge is 0.496 e. The lowest BCUT2D eigenvalue weighted by molar-refractivity contribution is 0.396. The van der Waals surface area contributed by atoms with Gasteiger partial charge >= 0.3 is 0 Å². The van der Waals surface area contributed by atoms with Crippen molar-refractivity contribution in [3.05, 3.63) is 28.8 Å². The topological polar surface area (TPSA) is 21.3 Å². The van der Waals surface area contributed by atoms with E-state index in [1.54, 1.807) is 7.11 Å². The first-order valence-corrected chi connectivity index (χ1v) is 6.43. The number of benzene rings is 1. The average molecular weight is 233 g/mol. The Kier molecular flexibility index (Phi) is 3.43. The van der Waals surface area contributed by atoms with Crippen LogP contribution in [0.15, 0.2) is 12.1 Å². The maximum atomic E-state index is 5.55. The van der Waals surface area contributed by atoms with Gasteiger partial charge in [-0.1, -0.05) is 26.8 Å². The fourth-order valence-corrected chi connectivity index (χ4v) is 2.45. The highest BCUT2D eigenvalue weighted by Gasteiger charge is 2.21. The number of nitrogens with one attached hydrogen (secondary N) is 1. The summed E-state index contributed by atoms with van der Waals surface area (Å²) in [5.74, 6) is 1.03. The molecular formula is C15H23NO. The van der Waals surface area contributed by atoms with Gasteiger partial charge in [0.2, 0.25) is 0 Å². The van der Waals surface area contributed by atoms with Crippen molar-refractivity contribution >= 4 is 0 Å². The Morgan fingerprint density at radius 2 is 1.94 bits per heavy atom. The van der Waals surface area contributed by atoms with E-state index >= 15 is 0 Å². The molecule has 0 saturated heterocycles. The van der Waals surface area contributed by atoms with Crippen LogP contribution >= 0.6 is 0 Å². The van der Waals surface area contributed by atoms with Crippen LogP contribution in [0.4, 0.5) is 0 Å². The molecule has 2 rings (SSSR count). The number of fused-ring (bicyclic) bond motifs is 1. The zero-order chi connectivity index (χ0) is 12.5. The van der Waals surface area contributed by atoms with E-state index in [9.17, 15) is 0 Å². The molecule has 0 bridgehead atoms. The van der Waals surface area contributed by atoms with E-state index in [0.29, 0.717) is 0 Å². The van der Waals surface area contributed by atoms with Crippen molar-refractivity contribution in [2.45, 2.75) is 45.6 Å². The zero-order valence-corrected chi connectivity index (χ0v) is 11.4. The monoisotopic (exact) mass is 233 g/mol. The maximum Gasteiger partial charge on any atom is 0.122 e. The normalized spacial score (nSPS) is 16.2. The molecule has 1 aromatic rings. The van der Waals surface area contributed by atoms with Crippen LogP contribution < -0.4 is 10.1 Å². The molecule has 0 radical (unpaired) electrons. The first-order valence-electron chi connectivity index (χ1n) is 6.43. The zero-order valence-electron chi connectivity index (χ0n) is 11.4. The third-order valence-electron chi connectivity index (χ3n) is 3.44. The molecule has 17 heavy (non-hydrogen) atoms. The quantitative estimate of drug-likeness (QED) is 0.805. The minimum atomic E-state index is 0.139. The molecule has 0 atom stereocenters. The molecular weight excluding hydrogens is 210 g/mol. The molecule has 0 amide bonds. The van der Waals surface area contributed by atoms with Crippen molar-refractivity contribution in [3.8, 4) is 5.75 Å². The van der Waals surface area contributed by atoms with Crippen molar-refractivity contribution in [1.82, 2.24) is 5.32 Å². The Bertz CT molecular complexity index is 404. The van der Waals surface area contributed by atoms with E-state index in [1.165, 1.54) is 29.5 Å². The van der Waals surface area contributed by atoms with E-state index in [0.717, 1.165) is 18.8 Å². The van der Waals surface area contributed by atoms with Gasteiger partial charge in [0.25, 0.3) is 0 Å². The predicted molar refractivity (Wildman–Crippen MR) is 71.7 cm³/mol. The van der Waals surface area contributed by atoms with Crippen LogP contribution in [0.2, 0.25) is 0 Å². The van der Waals surface area contributed by atoms with E-state index in [2.05, 4.69) is 38.2 Å². The van der Waals surface area contributed by atoms with Gasteiger partial charge in [-0.25, -0.2) is 0 Å². The van der Waals surface area contributed by atoms with Crippen molar-refractivity contribution in [3.63, 3.8) is 0 Å².